The molecule has 0 radical (unpaired) electrons. The molecule has 0 atom stereocenters. The lowest BCUT2D eigenvalue weighted by atomic mass is 10.00. The number of nitrogens with zero attached hydrogens (tertiary/aromatic N) is 6. The molecule has 0 aliphatic carbocycles. The molecule has 150 heavy (non-hydrogen) atoms. The zero-order valence-corrected chi connectivity index (χ0v) is 82.1. The van der Waals surface area contributed by atoms with Crippen molar-refractivity contribution in [2.75, 3.05) is 0 Å². The maximum Gasteiger partial charge on any atom is 0.0548 e. The molecule has 0 bridgehead atoms. The molecule has 0 amide bonds. The topological polar surface area (TPSA) is 29.6 Å². The first kappa shape index (κ1) is 87.8. The van der Waals surface area contributed by atoms with Crippen LogP contribution in [-0.4, -0.2) is 27.4 Å². The summed E-state index contributed by atoms with van der Waals surface area (Å²) in [5.41, 5.74) is 43.4. The summed E-state index contributed by atoms with van der Waals surface area (Å²) in [5, 5.41) is 15.3. The highest BCUT2D eigenvalue weighted by molar-refractivity contribution is 6.32. The van der Waals surface area contributed by atoms with Crippen LogP contribution in [0.5, 0.6) is 0 Å². The summed E-state index contributed by atoms with van der Waals surface area (Å²) < 4.78 is 14.6. The SMILES string of the molecule is c1ccc(-c2ccc(-c3ccc(-n4c5ccccc5c5c6c7ccccc7n(-c7ccc(-c8ccccc8)cc7)c6ccc54)cc3)cc2)cc1.c1ccc(-c2ccc(-c3ccc(-n4c5ccccc5c5c6c7ccccc7n(-c7cccc(-c8ccccc8)c7)c6ccc54)cc3)cc2)cc1.c1ccc(-c2ccc(-c3cccc(-n4c5ccccc5c5c6c7ccccc7n(-c7ccc(-c8ccccc8)cc7)c6ccc54)c3)cc2)cc1. The fourth-order valence-electron chi connectivity index (χ4n) is 23.4. The minimum atomic E-state index is 1.15. The standard InChI is InChI=1S/3C48H32N2/c1-3-12-33(13-4-1)35-22-24-37(25-23-35)38-16-11-17-40(32-38)50-44-21-10-8-19-42(44)48-46(50)31-30-45-47(48)41-18-7-9-20-43(41)49(45)39-28-26-36(27-29-39)34-14-5-2-6-15-34;1-3-12-33(13-4-1)35-22-24-36(25-23-35)37-26-28-39(29-27-37)49-43-20-9-7-18-41(43)47-45(49)30-31-46-48(47)42-19-8-10-21-44(42)50(46)40-17-11-16-38(32-40)34-14-5-2-6-15-34;1-3-11-33(12-4-1)35-19-21-36(22-20-35)38-25-29-40(30-26-38)50-44-18-10-8-16-42(44)48-46(50)32-31-45-47(48)41-15-7-9-17-43(41)49(45)39-27-23-37(24-28-39)34-13-5-2-6-14-34/h3*1-32H. The third-order valence-corrected chi connectivity index (χ3v) is 30.4. The second kappa shape index (κ2) is 37.4. The van der Waals surface area contributed by atoms with Crippen LogP contribution in [0.25, 0.3) is 265 Å². The zero-order chi connectivity index (χ0) is 99.1. The Kier molecular flexibility index (Phi) is 21.9. The largest absolute Gasteiger partial charge is 0.309 e. The lowest BCUT2D eigenvalue weighted by Gasteiger charge is -2.12. The molecular formula is C144H96N6. The monoisotopic (exact) mass is 1910 g/mol. The molecule has 6 heteroatoms. The minimum Gasteiger partial charge on any atom is -0.309 e. The van der Waals surface area contributed by atoms with Crippen LogP contribution in [0.15, 0.2) is 582 Å². The van der Waals surface area contributed by atoms with Gasteiger partial charge in [-0.1, -0.05) is 437 Å². The van der Waals surface area contributed by atoms with Crippen molar-refractivity contribution in [1.82, 2.24) is 27.4 Å². The van der Waals surface area contributed by atoms with Crippen molar-refractivity contribution in [3.05, 3.63) is 582 Å². The van der Waals surface area contributed by atoms with E-state index in [2.05, 4.69) is 610 Å². The van der Waals surface area contributed by atoms with E-state index in [0.29, 0.717) is 0 Å². The number of hydrogen-bond donors (Lipinski definition) is 0. The Morgan fingerprint density at radius 3 is 0.400 bits per heavy atom. The van der Waals surface area contributed by atoms with Gasteiger partial charge in [-0.3, -0.25) is 0 Å². The highest BCUT2D eigenvalue weighted by Gasteiger charge is 2.27. The normalized spacial score (nSPS) is 11.6. The molecule has 0 aliphatic heterocycles. The van der Waals surface area contributed by atoms with Crippen molar-refractivity contribution in [3.63, 3.8) is 0 Å². The van der Waals surface area contributed by atoms with E-state index < -0.39 is 0 Å². The van der Waals surface area contributed by atoms with Gasteiger partial charge < -0.3 is 27.4 Å². The molecule has 702 valence electrons. The Hall–Kier alpha value is -19.9. The van der Waals surface area contributed by atoms with Crippen LogP contribution in [0.3, 0.4) is 0 Å². The molecule has 6 aromatic heterocycles. The summed E-state index contributed by atoms with van der Waals surface area (Å²) in [6.07, 6.45) is 0. The molecule has 0 fully saturated rings. The van der Waals surface area contributed by atoms with Crippen LogP contribution < -0.4 is 0 Å². The van der Waals surface area contributed by atoms with Crippen LogP contribution in [0.2, 0.25) is 0 Å². The van der Waals surface area contributed by atoms with Crippen LogP contribution >= 0.6 is 0 Å². The molecule has 0 aliphatic rings. The highest BCUT2D eigenvalue weighted by Crippen LogP contribution is 2.49. The molecule has 0 N–H and O–H groups in total. The minimum absolute atomic E-state index is 1.15. The van der Waals surface area contributed by atoms with Crippen LogP contribution in [0.4, 0.5) is 0 Å². The molecule has 6 nitrogen and oxygen atoms in total. The van der Waals surface area contributed by atoms with Crippen molar-refractivity contribution in [3.8, 4) is 134 Å². The average Bonchev–Trinajstić information content (AvgIpc) is 1.55. The predicted molar refractivity (Wildman–Crippen MR) is 634 cm³/mol. The van der Waals surface area contributed by atoms with E-state index in [1.54, 1.807) is 0 Å². The predicted octanol–water partition coefficient (Wildman–Crippen LogP) is 38.6. The molecule has 24 aromatic carbocycles. The summed E-state index contributed by atoms with van der Waals surface area (Å²) in [4.78, 5) is 0. The summed E-state index contributed by atoms with van der Waals surface area (Å²) in [6.45, 7) is 0. The molecule has 30 rings (SSSR count). The summed E-state index contributed by atoms with van der Waals surface area (Å²) >= 11 is 0. The second-order valence-electron chi connectivity index (χ2n) is 38.9. The van der Waals surface area contributed by atoms with Gasteiger partial charge >= 0.3 is 0 Å². The van der Waals surface area contributed by atoms with Gasteiger partial charge in [0.1, 0.15) is 0 Å². The molecule has 0 spiro atoms. The lowest BCUT2D eigenvalue weighted by Crippen LogP contribution is -1.95. The number of hydrogen-bond acceptors (Lipinski definition) is 0. The van der Waals surface area contributed by atoms with E-state index in [0.717, 1.165) is 34.1 Å². The molecule has 0 unspecified atom stereocenters. The van der Waals surface area contributed by atoms with Gasteiger partial charge in [-0.2, -0.15) is 0 Å². The third-order valence-electron chi connectivity index (χ3n) is 30.4. The van der Waals surface area contributed by atoms with Gasteiger partial charge in [-0.25, -0.2) is 0 Å². The first-order valence-electron chi connectivity index (χ1n) is 51.6. The first-order valence-corrected chi connectivity index (χ1v) is 51.6. The van der Waals surface area contributed by atoms with E-state index in [4.69, 9.17) is 0 Å². The van der Waals surface area contributed by atoms with Gasteiger partial charge in [-0.15, -0.1) is 0 Å². The molecule has 0 saturated heterocycles. The maximum atomic E-state index is 2.44. The van der Waals surface area contributed by atoms with Gasteiger partial charge in [0.05, 0.1) is 66.2 Å². The average molecular weight is 1910 g/mol. The third kappa shape index (κ3) is 15.4. The second-order valence-corrected chi connectivity index (χ2v) is 38.9. The van der Waals surface area contributed by atoms with E-state index >= 15 is 0 Å². The van der Waals surface area contributed by atoms with E-state index in [9.17, 15) is 0 Å². The lowest BCUT2D eigenvalue weighted by molar-refractivity contribution is 1.17. The quantitative estimate of drug-likeness (QED) is 0.0979. The number of benzene rings is 24. The number of fused-ring (bicyclic) bond motifs is 21. The Morgan fingerprint density at radius 2 is 0.213 bits per heavy atom. The Balaban J connectivity index is 0.000000108. The van der Waals surface area contributed by atoms with Crippen molar-refractivity contribution in [2.45, 2.75) is 0 Å². The van der Waals surface area contributed by atoms with Crippen LogP contribution in [0, 0.1) is 0 Å². The Bertz CT molecular complexity index is 10300. The fourth-order valence-corrected chi connectivity index (χ4v) is 23.4. The van der Waals surface area contributed by atoms with Crippen LogP contribution in [-0.2, 0) is 0 Å². The van der Waals surface area contributed by atoms with Gasteiger partial charge in [-0.05, 0) is 246 Å². The van der Waals surface area contributed by atoms with Gasteiger partial charge in [0.15, 0.2) is 0 Å². The summed E-state index contributed by atoms with van der Waals surface area (Å²) in [7, 11) is 0. The molecule has 6 heterocycles. The van der Waals surface area contributed by atoms with E-state index in [1.807, 2.05) is 0 Å². The maximum absolute atomic E-state index is 2.44. The first-order chi connectivity index (χ1) is 74.4. The highest BCUT2D eigenvalue weighted by atomic mass is 15.0. The zero-order valence-electron chi connectivity index (χ0n) is 82.1. The summed E-state index contributed by atoms with van der Waals surface area (Å²) in [5.74, 6) is 0. The van der Waals surface area contributed by atoms with Crippen molar-refractivity contribution >= 4 is 131 Å². The van der Waals surface area contributed by atoms with Crippen molar-refractivity contribution in [2.24, 2.45) is 0 Å². The Morgan fingerprint density at radius 1 is 0.0800 bits per heavy atom. The van der Waals surface area contributed by atoms with E-state index in [-0.39, 0.29) is 0 Å². The fraction of sp³-hybridized carbons (Fsp3) is 0. The smallest absolute Gasteiger partial charge is 0.0548 e. The number of rotatable bonds is 15. The van der Waals surface area contributed by atoms with E-state index in [1.165, 1.54) is 231 Å². The van der Waals surface area contributed by atoms with Gasteiger partial charge in [0.2, 0.25) is 0 Å². The molecule has 30 aromatic rings. The van der Waals surface area contributed by atoms with Crippen molar-refractivity contribution < 1.29 is 0 Å². The van der Waals surface area contributed by atoms with Gasteiger partial charge in [0.25, 0.3) is 0 Å². The molecule has 0 saturated carbocycles. The Labute approximate surface area is 868 Å². The number of para-hydroxylation sites is 6. The van der Waals surface area contributed by atoms with Crippen LogP contribution in [0.1, 0.15) is 0 Å². The number of aromatic nitrogens is 6. The molecular weight excluding hydrogens is 1810 g/mol. The summed E-state index contributed by atoms with van der Waals surface area (Å²) in [6, 6.07) is 211. The van der Waals surface area contributed by atoms with Gasteiger partial charge in [0, 0.05) is 98.8 Å². The van der Waals surface area contributed by atoms with Crippen molar-refractivity contribution in [1.29, 1.82) is 0 Å².